The number of anilines is 2. The molecule has 0 radical (unpaired) electrons. The molecular formula is C28H25FN2O6. The summed E-state index contributed by atoms with van der Waals surface area (Å²) in [5.74, 6) is -2.30. The van der Waals surface area contributed by atoms with Gasteiger partial charge in [-0.2, -0.15) is 0 Å². The van der Waals surface area contributed by atoms with E-state index in [4.69, 9.17) is 9.47 Å². The van der Waals surface area contributed by atoms with Crippen molar-refractivity contribution in [2.24, 2.45) is 0 Å². The highest BCUT2D eigenvalue weighted by Gasteiger charge is 2.58. The van der Waals surface area contributed by atoms with E-state index < -0.39 is 29.2 Å². The molecule has 4 rings (SSSR count). The Labute approximate surface area is 213 Å². The van der Waals surface area contributed by atoms with Crippen LogP contribution in [0.3, 0.4) is 0 Å². The number of carbonyl (C=O) groups is 4. The molecular weight excluding hydrogens is 479 g/mol. The molecule has 1 aliphatic heterocycles. The third-order valence-corrected chi connectivity index (χ3v) is 6.03. The Kier molecular flexibility index (Phi) is 7.33. The van der Waals surface area contributed by atoms with Crippen LogP contribution in [-0.2, 0) is 24.6 Å². The zero-order valence-electron chi connectivity index (χ0n) is 20.3. The van der Waals surface area contributed by atoms with Crippen LogP contribution in [0.1, 0.15) is 46.5 Å². The number of hydrogen-bond acceptors (Lipinski definition) is 6. The summed E-state index contributed by atoms with van der Waals surface area (Å²) in [5.41, 5.74) is 0.379. The van der Waals surface area contributed by atoms with Crippen molar-refractivity contribution in [1.29, 1.82) is 0 Å². The smallest absolute Gasteiger partial charge is 0.338 e. The largest absolute Gasteiger partial charge is 0.462 e. The number of amides is 2. The van der Waals surface area contributed by atoms with Gasteiger partial charge >= 0.3 is 11.9 Å². The average molecular weight is 505 g/mol. The molecule has 8 nitrogen and oxygen atoms in total. The van der Waals surface area contributed by atoms with E-state index in [-0.39, 0.29) is 25.5 Å². The number of esters is 2. The van der Waals surface area contributed by atoms with E-state index in [9.17, 15) is 23.6 Å². The van der Waals surface area contributed by atoms with Gasteiger partial charge in [-0.15, -0.1) is 0 Å². The van der Waals surface area contributed by atoms with Crippen molar-refractivity contribution in [3.05, 3.63) is 95.3 Å². The quantitative estimate of drug-likeness (QED) is 0.359. The summed E-state index contributed by atoms with van der Waals surface area (Å²) in [5, 5.41) is 2.81. The number of rotatable bonds is 8. The molecule has 1 fully saturated rings. The number of β-lactam (4-membered cyclic amide) rings is 1. The number of benzene rings is 3. The van der Waals surface area contributed by atoms with Gasteiger partial charge in [-0.05, 0) is 80.1 Å². The van der Waals surface area contributed by atoms with Crippen molar-refractivity contribution >= 4 is 35.1 Å². The Hall–Kier alpha value is -4.53. The van der Waals surface area contributed by atoms with Gasteiger partial charge in [-0.3, -0.25) is 14.5 Å². The molecule has 0 saturated carbocycles. The fraction of sp³-hybridized carbons (Fsp3) is 0.214. The lowest BCUT2D eigenvalue weighted by atomic mass is 9.76. The first-order chi connectivity index (χ1) is 17.8. The van der Waals surface area contributed by atoms with E-state index in [0.29, 0.717) is 28.1 Å². The number of ether oxygens (including phenoxy) is 2. The van der Waals surface area contributed by atoms with E-state index in [0.717, 1.165) is 0 Å². The van der Waals surface area contributed by atoms with E-state index >= 15 is 0 Å². The summed E-state index contributed by atoms with van der Waals surface area (Å²) >= 11 is 0. The van der Waals surface area contributed by atoms with Crippen LogP contribution in [0, 0.1) is 5.82 Å². The second-order valence-electron chi connectivity index (χ2n) is 8.29. The van der Waals surface area contributed by atoms with Gasteiger partial charge in [0.05, 0.1) is 30.8 Å². The number of carbonyl (C=O) groups excluding carboxylic acids is 4. The van der Waals surface area contributed by atoms with E-state index in [1.165, 1.54) is 53.4 Å². The first-order valence-corrected chi connectivity index (χ1v) is 11.7. The minimum atomic E-state index is -1.46. The Morgan fingerprint density at radius 2 is 1.35 bits per heavy atom. The second kappa shape index (κ2) is 10.6. The molecule has 0 aromatic heterocycles. The SMILES string of the molecule is CCOC(=O)c1ccc(NC(=O)C2(c3ccc(F)cc3)CC(=O)N2c2ccc(C(=O)OCC)cc2)cc1. The van der Waals surface area contributed by atoms with Crippen LogP contribution in [-0.4, -0.2) is 37.0 Å². The van der Waals surface area contributed by atoms with Gasteiger partial charge < -0.3 is 14.8 Å². The van der Waals surface area contributed by atoms with Crippen LogP contribution in [0.2, 0.25) is 0 Å². The van der Waals surface area contributed by atoms with Gasteiger partial charge in [0.2, 0.25) is 5.91 Å². The normalized spacial score (nSPS) is 16.5. The van der Waals surface area contributed by atoms with Crippen LogP contribution < -0.4 is 10.2 Å². The second-order valence-corrected chi connectivity index (χ2v) is 8.29. The third kappa shape index (κ3) is 4.93. The maximum absolute atomic E-state index is 13.7. The molecule has 0 bridgehead atoms. The van der Waals surface area contributed by atoms with Crippen LogP contribution in [0.4, 0.5) is 15.8 Å². The fourth-order valence-electron chi connectivity index (χ4n) is 4.23. The van der Waals surface area contributed by atoms with Gasteiger partial charge in [0.25, 0.3) is 5.91 Å². The molecule has 1 unspecified atom stereocenters. The molecule has 37 heavy (non-hydrogen) atoms. The molecule has 0 spiro atoms. The van der Waals surface area contributed by atoms with Crippen molar-refractivity contribution in [2.75, 3.05) is 23.4 Å². The van der Waals surface area contributed by atoms with Gasteiger partial charge in [0, 0.05) is 11.4 Å². The van der Waals surface area contributed by atoms with E-state index in [2.05, 4.69) is 5.32 Å². The van der Waals surface area contributed by atoms with E-state index in [1.54, 1.807) is 38.1 Å². The molecule has 3 aromatic carbocycles. The number of nitrogens with one attached hydrogen (secondary N) is 1. The molecule has 0 aliphatic carbocycles. The van der Waals surface area contributed by atoms with Crippen molar-refractivity contribution in [3.8, 4) is 0 Å². The molecule has 1 saturated heterocycles. The minimum Gasteiger partial charge on any atom is -0.462 e. The Morgan fingerprint density at radius 1 is 0.838 bits per heavy atom. The fourth-order valence-corrected chi connectivity index (χ4v) is 4.23. The van der Waals surface area contributed by atoms with Gasteiger partial charge in [-0.1, -0.05) is 12.1 Å². The van der Waals surface area contributed by atoms with Gasteiger partial charge in [0.15, 0.2) is 5.54 Å². The highest BCUT2D eigenvalue weighted by molar-refractivity contribution is 6.17. The first kappa shape index (κ1) is 25.6. The predicted octanol–water partition coefficient (Wildman–Crippen LogP) is 4.45. The topological polar surface area (TPSA) is 102 Å². The monoisotopic (exact) mass is 504 g/mol. The Bertz CT molecular complexity index is 1320. The molecule has 9 heteroatoms. The molecule has 1 heterocycles. The third-order valence-electron chi connectivity index (χ3n) is 6.03. The number of halogens is 1. The maximum Gasteiger partial charge on any atom is 0.338 e. The molecule has 190 valence electrons. The summed E-state index contributed by atoms with van der Waals surface area (Å²) in [6, 6.07) is 17.7. The van der Waals surface area contributed by atoms with E-state index in [1.807, 2.05) is 0 Å². The standard InChI is InChI=1S/C28H25FN2O6/c1-3-36-25(33)18-5-13-22(14-6-18)30-27(35)28(20-9-11-21(29)12-10-20)17-24(32)31(28)23-15-7-19(8-16-23)26(34)37-4-2/h5-16H,3-4,17H2,1-2H3,(H,30,35). The zero-order valence-corrected chi connectivity index (χ0v) is 20.3. The van der Waals surface area contributed by atoms with Crippen molar-refractivity contribution in [1.82, 2.24) is 0 Å². The highest BCUT2D eigenvalue weighted by Crippen LogP contribution is 2.46. The Morgan fingerprint density at radius 3 is 1.84 bits per heavy atom. The highest BCUT2D eigenvalue weighted by atomic mass is 19.1. The Balaban J connectivity index is 1.67. The average Bonchev–Trinajstić information content (AvgIpc) is 2.88. The first-order valence-electron chi connectivity index (χ1n) is 11.7. The number of hydrogen-bond donors (Lipinski definition) is 1. The van der Waals surface area contributed by atoms with Gasteiger partial charge in [-0.25, -0.2) is 14.0 Å². The number of nitrogens with zero attached hydrogens (tertiary/aromatic N) is 1. The lowest BCUT2D eigenvalue weighted by molar-refractivity contribution is -0.137. The molecule has 1 aliphatic rings. The van der Waals surface area contributed by atoms with Crippen LogP contribution >= 0.6 is 0 Å². The van der Waals surface area contributed by atoms with Crippen LogP contribution in [0.25, 0.3) is 0 Å². The summed E-state index contributed by atoms with van der Waals surface area (Å²) in [4.78, 5) is 51.9. The summed E-state index contributed by atoms with van der Waals surface area (Å²) in [6.07, 6.45) is -0.148. The molecule has 3 aromatic rings. The van der Waals surface area contributed by atoms with Crippen molar-refractivity contribution in [3.63, 3.8) is 0 Å². The predicted molar refractivity (Wildman–Crippen MR) is 134 cm³/mol. The van der Waals surface area contributed by atoms with Gasteiger partial charge in [0.1, 0.15) is 5.82 Å². The minimum absolute atomic E-state index is 0.148. The lowest BCUT2D eigenvalue weighted by Crippen LogP contribution is -2.67. The lowest BCUT2D eigenvalue weighted by Gasteiger charge is -2.50. The molecule has 1 N–H and O–H groups in total. The molecule has 1 atom stereocenters. The van der Waals surface area contributed by atoms with Crippen LogP contribution in [0.5, 0.6) is 0 Å². The van der Waals surface area contributed by atoms with Crippen LogP contribution in [0.15, 0.2) is 72.8 Å². The molecule has 2 amide bonds. The summed E-state index contributed by atoms with van der Waals surface area (Å²) < 4.78 is 23.7. The summed E-state index contributed by atoms with van der Waals surface area (Å²) in [7, 11) is 0. The maximum atomic E-state index is 13.7. The zero-order chi connectivity index (χ0) is 26.6. The van der Waals surface area contributed by atoms with Crippen molar-refractivity contribution < 1.29 is 33.0 Å². The summed E-state index contributed by atoms with van der Waals surface area (Å²) in [6.45, 7) is 3.87. The van der Waals surface area contributed by atoms with Crippen molar-refractivity contribution in [2.45, 2.75) is 25.8 Å².